The summed E-state index contributed by atoms with van der Waals surface area (Å²) in [6, 6.07) is 64.9. The van der Waals surface area contributed by atoms with Gasteiger partial charge < -0.3 is 84.4 Å². The topological polar surface area (TPSA) is 426 Å². The Labute approximate surface area is 774 Å². The van der Waals surface area contributed by atoms with Gasteiger partial charge >= 0.3 is 0 Å². The van der Waals surface area contributed by atoms with E-state index in [-0.39, 0.29) is 113 Å². The first-order valence-corrected chi connectivity index (χ1v) is 41.7. The molecule has 0 fully saturated rings. The summed E-state index contributed by atoms with van der Waals surface area (Å²) in [6.07, 6.45) is 18.2. The predicted molar refractivity (Wildman–Crippen MR) is 520 cm³/mol. The number of benzene rings is 12. The number of nitrogens with one attached hydrogen (secondary N) is 4. The summed E-state index contributed by atoms with van der Waals surface area (Å²) >= 11 is 36.7. The smallest absolute Gasteiger partial charge is 0.184 e. The number of aliphatic imine (C=N–C) groups is 4. The van der Waals surface area contributed by atoms with Crippen molar-refractivity contribution in [2.24, 2.45) is 20.0 Å². The third kappa shape index (κ3) is 25.4. The van der Waals surface area contributed by atoms with Crippen LogP contribution in [0.25, 0.3) is 0 Å². The van der Waals surface area contributed by atoms with E-state index in [0.29, 0.717) is 137 Å². The summed E-state index contributed by atoms with van der Waals surface area (Å²) in [5.74, 6) is -0.393. The summed E-state index contributed by atoms with van der Waals surface area (Å²) in [4.78, 5) is 67.2. The van der Waals surface area contributed by atoms with E-state index >= 15 is 0 Å². The fourth-order valence-corrected chi connectivity index (χ4v) is 14.2. The van der Waals surface area contributed by atoms with E-state index < -0.39 is 0 Å². The molecule has 4 aliphatic carbocycles. The van der Waals surface area contributed by atoms with Crippen LogP contribution in [0.4, 0.5) is 73.9 Å². The maximum absolute atomic E-state index is 12.9. The summed E-state index contributed by atoms with van der Waals surface area (Å²) in [6.45, 7) is 0. The Balaban J connectivity index is 0.000000148. The Hall–Kier alpha value is -15.5. The maximum Gasteiger partial charge on any atom is 0.184 e. The van der Waals surface area contributed by atoms with Gasteiger partial charge in [-0.05, 0) is 253 Å². The lowest BCUT2D eigenvalue weighted by atomic mass is 9.94. The Kier molecular flexibility index (Phi) is 29.9. The van der Waals surface area contributed by atoms with Crippen LogP contribution in [0, 0.1) is 0 Å². The van der Waals surface area contributed by atoms with Crippen LogP contribution in [-0.4, -0.2) is 91.9 Å². The molecule has 12 aromatic carbocycles. The number of halogens is 6. The number of phenols is 9. The van der Waals surface area contributed by atoms with Crippen molar-refractivity contribution in [3.05, 3.63) is 389 Å². The lowest BCUT2D eigenvalue weighted by Gasteiger charge is -2.18. The molecule has 19 N–H and O–H groups in total. The van der Waals surface area contributed by atoms with Crippen molar-refractivity contribution >= 4 is 190 Å². The highest BCUT2D eigenvalue weighted by molar-refractivity contribution is 6.48. The van der Waals surface area contributed by atoms with Gasteiger partial charge in [0.15, 0.2) is 23.1 Å². The highest BCUT2D eigenvalue weighted by Crippen LogP contribution is 2.42. The Bertz CT molecular complexity index is 6810. The van der Waals surface area contributed by atoms with Crippen LogP contribution < -0.4 is 38.5 Å². The number of nitrogens with zero attached hydrogens (tertiary/aromatic N) is 4. The molecule has 4 aliphatic rings. The summed E-state index contributed by atoms with van der Waals surface area (Å²) in [7, 11) is 0. The molecule has 16 rings (SSSR count). The van der Waals surface area contributed by atoms with Gasteiger partial charge in [-0.25, -0.2) is 20.0 Å². The number of carbonyl (C=O) groups is 4. The lowest BCUT2D eigenvalue weighted by Crippen LogP contribution is -2.19. The van der Waals surface area contributed by atoms with Crippen molar-refractivity contribution in [2.75, 3.05) is 38.5 Å². The van der Waals surface area contributed by atoms with E-state index in [9.17, 15) is 65.1 Å². The fourth-order valence-electron chi connectivity index (χ4n) is 12.9. The highest BCUT2D eigenvalue weighted by atomic mass is 35.5. The summed E-state index contributed by atoms with van der Waals surface area (Å²) < 4.78 is 0. The molecule has 12 aromatic rings. The quantitative estimate of drug-likeness (QED) is 0.0191. The number of anilines is 9. The number of nitrogen functional groups attached to an aromatic ring is 3. The molecular formula is C100H77Cl6N11O13. The molecular weight excluding hydrogens is 1780 g/mol. The third-order valence-electron chi connectivity index (χ3n) is 19.6. The SMILES string of the molecule is Nc1ccc(CC2=CC(=Nc3ccc(N)cc3)C(Nc3ccc(N)cc3)=CC2=O)cc1.O=C1C=C(Nc2ccc(O)c(Cl)c2)C(=Nc2ccc(O)c(Cl)c2)C=C1Cc1ccc(O)c(Cl)c1.O=C1C=CC(=Nc2cc(O)c(Cc3ccc(O)cc3)cc2Nc2ccc(O)cc2)C=C1.O=C1C=CC(=Nc2cc(O)c(Cc3ccc(O)cc3Cl)cc2Nc2ccc(O)cc2Cl)C(Cl)=C1. The Morgan fingerprint density at radius 2 is 0.723 bits per heavy atom. The van der Waals surface area contributed by atoms with Crippen molar-refractivity contribution in [1.29, 1.82) is 0 Å². The van der Waals surface area contributed by atoms with Crippen LogP contribution in [0.1, 0.15) is 33.4 Å². The molecule has 0 unspecified atom stereocenters. The summed E-state index contributed by atoms with van der Waals surface area (Å²) in [5, 5.41) is 103. The molecule has 0 heterocycles. The fraction of sp³-hybridized carbons (Fsp3) is 0.0400. The van der Waals surface area contributed by atoms with Crippen LogP contribution in [0.2, 0.25) is 25.1 Å². The Morgan fingerprint density at radius 1 is 0.285 bits per heavy atom. The molecule has 0 radical (unpaired) electrons. The van der Waals surface area contributed by atoms with Gasteiger partial charge in [-0.2, -0.15) is 0 Å². The van der Waals surface area contributed by atoms with Crippen LogP contribution in [0.5, 0.6) is 51.7 Å². The normalized spacial score (nSPS) is 14.2. The molecule has 24 nitrogen and oxygen atoms in total. The van der Waals surface area contributed by atoms with Gasteiger partial charge in [0, 0.05) is 124 Å². The first kappa shape index (κ1) is 92.1. The third-order valence-corrected chi connectivity index (χ3v) is 21.5. The second kappa shape index (κ2) is 42.2. The maximum atomic E-state index is 12.9. The second-order valence-corrected chi connectivity index (χ2v) is 31.9. The van der Waals surface area contributed by atoms with E-state index in [1.54, 1.807) is 146 Å². The average molecular weight is 1850 g/mol. The number of ketones is 4. The molecule has 0 saturated heterocycles. The zero-order chi connectivity index (χ0) is 92.4. The molecule has 0 saturated carbocycles. The highest BCUT2D eigenvalue weighted by Gasteiger charge is 2.25. The minimum atomic E-state index is -0.248. The van der Waals surface area contributed by atoms with Gasteiger partial charge in [0.05, 0.1) is 99.2 Å². The minimum Gasteiger partial charge on any atom is -0.508 e. The van der Waals surface area contributed by atoms with E-state index in [2.05, 4.69) is 36.2 Å². The number of aromatic hydroxyl groups is 9. The molecule has 0 aromatic heterocycles. The van der Waals surface area contributed by atoms with Crippen LogP contribution in [-0.2, 0) is 44.9 Å². The number of carbonyl (C=O) groups excluding carboxylic acids is 4. The van der Waals surface area contributed by atoms with E-state index in [4.69, 9.17) is 91.8 Å². The first-order valence-electron chi connectivity index (χ1n) is 39.4. The first-order chi connectivity index (χ1) is 62.3. The molecule has 30 heteroatoms. The van der Waals surface area contributed by atoms with Gasteiger partial charge in [0.2, 0.25) is 0 Å². The molecule has 0 aliphatic heterocycles. The largest absolute Gasteiger partial charge is 0.508 e. The number of rotatable bonds is 20. The van der Waals surface area contributed by atoms with Crippen molar-refractivity contribution in [3.8, 4) is 51.7 Å². The van der Waals surface area contributed by atoms with Gasteiger partial charge in [0.1, 0.15) is 51.7 Å². The molecule has 0 bridgehead atoms. The van der Waals surface area contributed by atoms with E-state index in [0.717, 1.165) is 33.8 Å². The predicted octanol–water partition coefficient (Wildman–Crippen LogP) is 22.5. The molecule has 130 heavy (non-hydrogen) atoms. The number of nitrogens with two attached hydrogens (primary N) is 3. The molecule has 0 amide bonds. The van der Waals surface area contributed by atoms with Crippen molar-refractivity contribution in [3.63, 3.8) is 0 Å². The second-order valence-electron chi connectivity index (χ2n) is 29.4. The molecule has 0 spiro atoms. The van der Waals surface area contributed by atoms with Gasteiger partial charge in [0.25, 0.3) is 0 Å². The van der Waals surface area contributed by atoms with E-state index in [1.165, 1.54) is 97.1 Å². The van der Waals surface area contributed by atoms with Crippen molar-refractivity contribution in [1.82, 2.24) is 0 Å². The zero-order valence-electron chi connectivity index (χ0n) is 68.1. The molecule has 652 valence electrons. The van der Waals surface area contributed by atoms with Gasteiger partial charge in [-0.15, -0.1) is 0 Å². The minimum absolute atomic E-state index is 0.0123. The molecule has 0 atom stereocenters. The monoisotopic (exact) mass is 1850 g/mol. The number of hydrogen-bond donors (Lipinski definition) is 16. The van der Waals surface area contributed by atoms with Crippen LogP contribution in [0.3, 0.4) is 0 Å². The van der Waals surface area contributed by atoms with Gasteiger partial charge in [-0.3, -0.25) is 19.2 Å². The van der Waals surface area contributed by atoms with E-state index in [1.807, 2.05) is 60.7 Å². The van der Waals surface area contributed by atoms with Crippen molar-refractivity contribution in [2.45, 2.75) is 25.7 Å². The lowest BCUT2D eigenvalue weighted by molar-refractivity contribution is -0.112. The number of hydrogen-bond acceptors (Lipinski definition) is 24. The van der Waals surface area contributed by atoms with Crippen molar-refractivity contribution < 1.29 is 65.1 Å². The number of allylic oxidation sites excluding steroid dienone is 14. The van der Waals surface area contributed by atoms with Gasteiger partial charge in [-0.1, -0.05) is 106 Å². The standard InChI is InChI=1S/2C25H17Cl3N2O4.C25H23N5O.C25H20N2O4/c26-17-8-13(1-4-22(17)31)7-14-9-20(29-15-2-5-23(32)18(27)10-15)21(12-25(14)34)30-16-3-6-24(33)19(28)11-16;26-18-9-15(31)2-1-13(18)7-14-8-23(29-21-5-3-16(32)10-19(21)27)24(12-25(14)34)30-22-6-4-17(33)11-20(22)28;26-18-3-1-16(2-4-18)13-17-14-23(29-21-9-5-19(27)6-10-21)24(15-25(17)31)30-22-11-7-20(28)8-12-22;28-20-7-1-16(2-8-20)13-17-14-23(26-18-3-9-21(29)10-4-18)24(15-25(17)31)27-19-5-11-22(30)12-6-19/h1-6,8-12,30-33H,7H2;1-6,8-12,29,31-32,34H,7H2;1-12,14-15,30H,13,26-28H2;1-12,14-15,26,28-29,31H,13H2. The zero-order valence-corrected chi connectivity index (χ0v) is 72.7. The Morgan fingerprint density at radius 3 is 1.30 bits per heavy atom. The summed E-state index contributed by atoms with van der Waals surface area (Å²) in [5.41, 5.74) is 33.9. The number of phenolic OH excluding ortho intramolecular Hbond substituents is 9. The van der Waals surface area contributed by atoms with Crippen LogP contribution in [0.15, 0.2) is 351 Å². The van der Waals surface area contributed by atoms with Crippen LogP contribution >= 0.6 is 69.6 Å². The average Bonchev–Trinajstić information content (AvgIpc) is 0.780.